The number of hydrogen-bond acceptors (Lipinski definition) is 8. The van der Waals surface area contributed by atoms with E-state index in [1.54, 1.807) is 30.4 Å². The third-order valence-corrected chi connectivity index (χ3v) is 4.46. The van der Waals surface area contributed by atoms with Crippen LogP contribution in [0.3, 0.4) is 0 Å². The molecule has 0 saturated carbocycles. The summed E-state index contributed by atoms with van der Waals surface area (Å²) in [7, 11) is 4.46. The number of primary amides is 1. The van der Waals surface area contributed by atoms with Gasteiger partial charge in [0.15, 0.2) is 18.1 Å². The summed E-state index contributed by atoms with van der Waals surface area (Å²) < 4.78 is 58.6. The fourth-order valence-electron chi connectivity index (χ4n) is 2.80. The fourth-order valence-corrected chi connectivity index (χ4v) is 2.80. The summed E-state index contributed by atoms with van der Waals surface area (Å²) in [6.07, 6.45) is -1.12. The Kier molecular flexibility index (Phi) is 9.39. The molecule has 0 unspecified atom stereocenters. The molecule has 0 fully saturated rings. The number of halogens is 3. The summed E-state index contributed by atoms with van der Waals surface area (Å²) >= 11 is 0. The van der Waals surface area contributed by atoms with E-state index in [1.807, 2.05) is 0 Å². The van der Waals surface area contributed by atoms with Gasteiger partial charge in [0, 0.05) is 0 Å². The Bertz CT molecular complexity index is 989. The highest BCUT2D eigenvalue weighted by Crippen LogP contribution is 2.38. The van der Waals surface area contributed by atoms with Crippen molar-refractivity contribution in [3.8, 4) is 23.0 Å². The second-order valence-corrected chi connectivity index (χ2v) is 6.86. The van der Waals surface area contributed by atoms with Gasteiger partial charge in [-0.25, -0.2) is 5.43 Å². The molecule has 0 bridgehead atoms. The molecule has 9 nitrogen and oxygen atoms in total. The lowest BCUT2D eigenvalue weighted by Gasteiger charge is -2.18. The fraction of sp³-hybridized carbons (Fsp3) is 0.318. The summed E-state index contributed by atoms with van der Waals surface area (Å²) in [5.41, 5.74) is 11.6. The highest BCUT2D eigenvalue weighted by atomic mass is 19.4. The number of aliphatic hydroxyl groups excluding tert-OH is 1. The molecule has 0 saturated heterocycles. The lowest BCUT2D eigenvalue weighted by Crippen LogP contribution is -2.46. The number of carbonyl (C=O) groups is 1. The van der Waals surface area contributed by atoms with Crippen LogP contribution in [0.4, 0.5) is 18.9 Å². The van der Waals surface area contributed by atoms with E-state index in [4.69, 9.17) is 24.7 Å². The van der Waals surface area contributed by atoms with Crippen LogP contribution in [0.15, 0.2) is 30.3 Å². The van der Waals surface area contributed by atoms with Crippen molar-refractivity contribution in [2.24, 2.45) is 5.73 Å². The summed E-state index contributed by atoms with van der Waals surface area (Å²) in [5, 5.41) is 9.22. The summed E-state index contributed by atoms with van der Waals surface area (Å²) in [6, 6.07) is 6.64. The number of nitrogens with two attached hydrogens (primary N) is 1. The second-order valence-electron chi connectivity index (χ2n) is 6.86. The third-order valence-electron chi connectivity index (χ3n) is 4.46. The molecule has 0 aliphatic carbocycles. The van der Waals surface area contributed by atoms with Crippen LogP contribution in [0.25, 0.3) is 12.2 Å². The van der Waals surface area contributed by atoms with Crippen molar-refractivity contribution in [3.05, 3.63) is 41.5 Å². The van der Waals surface area contributed by atoms with Gasteiger partial charge in [-0.1, -0.05) is 18.2 Å². The predicted octanol–water partition coefficient (Wildman–Crippen LogP) is 2.59. The van der Waals surface area contributed by atoms with E-state index >= 15 is 0 Å². The van der Waals surface area contributed by atoms with E-state index in [2.05, 4.69) is 10.9 Å². The van der Waals surface area contributed by atoms with Gasteiger partial charge in [-0.3, -0.25) is 4.79 Å². The number of amides is 1. The third kappa shape index (κ3) is 7.46. The normalized spacial score (nSPS) is 12.3. The molecule has 34 heavy (non-hydrogen) atoms. The molecule has 0 radical (unpaired) electrons. The Morgan fingerprint density at radius 3 is 2.15 bits per heavy atom. The molecule has 2 aromatic rings. The van der Waals surface area contributed by atoms with Gasteiger partial charge in [0.05, 0.1) is 33.6 Å². The van der Waals surface area contributed by atoms with Crippen LogP contribution in [0, 0.1) is 0 Å². The van der Waals surface area contributed by atoms with E-state index in [1.165, 1.54) is 33.5 Å². The average molecular weight is 485 g/mol. The smallest absolute Gasteiger partial charge is 0.422 e. The van der Waals surface area contributed by atoms with Crippen LogP contribution in [0.1, 0.15) is 11.1 Å². The minimum absolute atomic E-state index is 0.0935. The first kappa shape index (κ1) is 26.6. The highest BCUT2D eigenvalue weighted by molar-refractivity contribution is 5.80. The maximum atomic E-state index is 12.6. The molecule has 12 heteroatoms. The maximum absolute atomic E-state index is 12.6. The van der Waals surface area contributed by atoms with Crippen molar-refractivity contribution in [2.75, 3.05) is 40.0 Å². The quantitative estimate of drug-likeness (QED) is 0.267. The second kappa shape index (κ2) is 12.0. The number of carbonyl (C=O) groups excluding carboxylic acids is 1. The Morgan fingerprint density at radius 2 is 1.65 bits per heavy atom. The van der Waals surface area contributed by atoms with Gasteiger partial charge in [-0.15, -0.1) is 0 Å². The zero-order valence-electron chi connectivity index (χ0n) is 18.7. The van der Waals surface area contributed by atoms with Crippen molar-refractivity contribution >= 4 is 23.7 Å². The molecule has 0 heterocycles. The Labute approximate surface area is 194 Å². The standard InChI is InChI=1S/C22H26F3N3O6/c1-31-18-9-14(10-19(32-2)20(18)33-3)5-4-13-6-7-17(34-12-22(23,24)25)15(8-13)27-28-16(11-29)21(26)30/h4-10,16,27-29H,11-12H2,1-3H3,(H2,26,30)/b5-4-/t16-/m0/s1. The highest BCUT2D eigenvalue weighted by Gasteiger charge is 2.29. The topological polar surface area (TPSA) is 124 Å². The van der Waals surface area contributed by atoms with Gasteiger partial charge in [0.1, 0.15) is 11.8 Å². The van der Waals surface area contributed by atoms with Gasteiger partial charge < -0.3 is 35.2 Å². The van der Waals surface area contributed by atoms with Crippen LogP contribution in [-0.2, 0) is 4.79 Å². The number of anilines is 1. The Morgan fingerprint density at radius 1 is 1.03 bits per heavy atom. The van der Waals surface area contributed by atoms with Gasteiger partial charge in [-0.2, -0.15) is 13.2 Å². The number of aliphatic hydroxyl groups is 1. The zero-order chi connectivity index (χ0) is 25.3. The first-order chi connectivity index (χ1) is 16.1. The molecule has 0 aliphatic heterocycles. The van der Waals surface area contributed by atoms with Crippen LogP contribution >= 0.6 is 0 Å². The molecule has 1 atom stereocenters. The number of hydrogen-bond donors (Lipinski definition) is 4. The van der Waals surface area contributed by atoms with Crippen molar-refractivity contribution in [1.29, 1.82) is 0 Å². The number of alkyl halides is 3. The van der Waals surface area contributed by atoms with Crippen LogP contribution in [0.5, 0.6) is 23.0 Å². The molecular formula is C22H26F3N3O6. The number of rotatable bonds is 12. The summed E-state index contributed by atoms with van der Waals surface area (Å²) in [6.45, 7) is -2.14. The van der Waals surface area contributed by atoms with Crippen molar-refractivity contribution in [1.82, 2.24) is 5.43 Å². The molecule has 2 rings (SSSR count). The van der Waals surface area contributed by atoms with E-state index in [0.717, 1.165) is 0 Å². The molecule has 0 spiro atoms. The number of nitrogens with one attached hydrogen (secondary N) is 2. The average Bonchev–Trinajstić information content (AvgIpc) is 2.80. The molecule has 1 amide bonds. The molecule has 0 aromatic heterocycles. The molecule has 186 valence electrons. The molecular weight excluding hydrogens is 459 g/mol. The predicted molar refractivity (Wildman–Crippen MR) is 120 cm³/mol. The number of methoxy groups -OCH3 is 3. The van der Waals surface area contributed by atoms with Crippen molar-refractivity contribution in [3.63, 3.8) is 0 Å². The van der Waals surface area contributed by atoms with Crippen LogP contribution in [0.2, 0.25) is 0 Å². The van der Waals surface area contributed by atoms with E-state index in [9.17, 15) is 23.1 Å². The van der Waals surface area contributed by atoms with Gasteiger partial charge in [0.2, 0.25) is 11.7 Å². The summed E-state index contributed by atoms with van der Waals surface area (Å²) in [5.74, 6) is 0.344. The number of benzene rings is 2. The van der Waals surface area contributed by atoms with Gasteiger partial charge in [-0.05, 0) is 35.4 Å². The Balaban J connectivity index is 2.34. The van der Waals surface area contributed by atoms with E-state index in [-0.39, 0.29) is 11.4 Å². The lowest BCUT2D eigenvalue weighted by molar-refractivity contribution is -0.153. The maximum Gasteiger partial charge on any atom is 0.422 e. The van der Waals surface area contributed by atoms with E-state index < -0.39 is 31.3 Å². The first-order valence-corrected chi connectivity index (χ1v) is 9.85. The van der Waals surface area contributed by atoms with E-state index in [0.29, 0.717) is 28.4 Å². The monoisotopic (exact) mass is 485 g/mol. The minimum atomic E-state index is -4.55. The molecule has 5 N–H and O–H groups in total. The minimum Gasteiger partial charge on any atom is -0.493 e. The van der Waals surface area contributed by atoms with Gasteiger partial charge >= 0.3 is 6.18 Å². The van der Waals surface area contributed by atoms with Gasteiger partial charge in [0.25, 0.3) is 0 Å². The largest absolute Gasteiger partial charge is 0.493 e. The summed E-state index contributed by atoms with van der Waals surface area (Å²) in [4.78, 5) is 11.3. The first-order valence-electron chi connectivity index (χ1n) is 9.85. The number of hydrazine groups is 1. The lowest BCUT2D eigenvalue weighted by atomic mass is 10.1. The van der Waals surface area contributed by atoms with Crippen LogP contribution < -0.4 is 35.5 Å². The van der Waals surface area contributed by atoms with Crippen LogP contribution in [-0.4, -0.2) is 57.8 Å². The molecule has 0 aliphatic rings. The van der Waals surface area contributed by atoms with Crippen molar-refractivity contribution < 1.29 is 42.0 Å². The zero-order valence-corrected chi connectivity index (χ0v) is 18.7. The SMILES string of the molecule is COc1cc(/C=C\c2ccc(OCC(F)(F)F)c(NN[C@@H](CO)C(N)=O)c2)cc(OC)c1OC. The Hall–Kier alpha value is -3.64. The van der Waals surface area contributed by atoms with Crippen molar-refractivity contribution in [2.45, 2.75) is 12.2 Å². The molecule has 2 aromatic carbocycles. The number of ether oxygens (including phenoxy) is 4.